The zero-order valence-electron chi connectivity index (χ0n) is 21.5. The van der Waals surface area contributed by atoms with Gasteiger partial charge in [0.05, 0.1) is 6.61 Å². The highest BCUT2D eigenvalue weighted by molar-refractivity contribution is 6.74. The van der Waals surface area contributed by atoms with Crippen molar-refractivity contribution in [3.8, 4) is 6.07 Å². The van der Waals surface area contributed by atoms with E-state index in [1.54, 1.807) is 0 Å². The Kier molecular flexibility index (Phi) is 7.72. The molecule has 4 atom stereocenters. The SMILES string of the molecule is CC(C)(C)[Si](C)(C)OC[C@@]1(C#N)O[C@@H](n2ccc(N)nc2=O)[C@H](Cl)[C@@H]1O[Si](C)(C)C(C)(C)C. The van der Waals surface area contributed by atoms with Crippen LogP contribution in [0.2, 0.25) is 36.3 Å². The normalized spacial score (nSPS) is 26.9. The number of halogens is 1. The van der Waals surface area contributed by atoms with Crippen molar-refractivity contribution in [3.63, 3.8) is 0 Å². The lowest BCUT2D eigenvalue weighted by Gasteiger charge is -2.43. The molecular formula is C22H39ClN4O4Si2. The Morgan fingerprint density at radius 3 is 2.21 bits per heavy atom. The van der Waals surface area contributed by atoms with Crippen LogP contribution in [-0.2, 0) is 13.6 Å². The van der Waals surface area contributed by atoms with Gasteiger partial charge in [0.2, 0.25) is 5.60 Å². The molecule has 1 aromatic heterocycles. The van der Waals surface area contributed by atoms with Crippen molar-refractivity contribution in [2.45, 2.75) is 101 Å². The first kappa shape index (κ1) is 28.0. The van der Waals surface area contributed by atoms with Crippen LogP contribution >= 0.6 is 11.6 Å². The molecule has 1 aromatic rings. The maximum absolute atomic E-state index is 12.6. The second-order valence-corrected chi connectivity index (χ2v) is 21.9. The van der Waals surface area contributed by atoms with Crippen LogP contribution in [0.25, 0.3) is 0 Å². The van der Waals surface area contributed by atoms with Crippen molar-refractivity contribution >= 4 is 34.1 Å². The molecule has 0 amide bonds. The molecule has 2 heterocycles. The van der Waals surface area contributed by atoms with E-state index in [4.69, 9.17) is 30.9 Å². The topological polar surface area (TPSA) is 112 Å². The number of alkyl halides is 1. The summed E-state index contributed by atoms with van der Waals surface area (Å²) in [4.78, 5) is 16.4. The summed E-state index contributed by atoms with van der Waals surface area (Å²) >= 11 is 6.91. The number of nitrogens with zero attached hydrogens (tertiary/aromatic N) is 3. The Balaban J connectivity index is 2.54. The van der Waals surface area contributed by atoms with Gasteiger partial charge in [-0.15, -0.1) is 11.6 Å². The van der Waals surface area contributed by atoms with Crippen LogP contribution in [0.1, 0.15) is 47.8 Å². The number of hydrogen-bond acceptors (Lipinski definition) is 7. The van der Waals surface area contributed by atoms with E-state index in [0.717, 1.165) is 0 Å². The lowest BCUT2D eigenvalue weighted by atomic mass is 9.99. The van der Waals surface area contributed by atoms with Crippen molar-refractivity contribution in [3.05, 3.63) is 22.7 Å². The minimum Gasteiger partial charge on any atom is -0.413 e. The zero-order valence-corrected chi connectivity index (χ0v) is 24.3. The molecule has 0 aliphatic carbocycles. The van der Waals surface area contributed by atoms with E-state index in [1.165, 1.54) is 16.8 Å². The quantitative estimate of drug-likeness (QED) is 0.434. The molecule has 0 unspecified atom stereocenters. The molecule has 186 valence electrons. The lowest BCUT2D eigenvalue weighted by Crippen LogP contribution is -2.56. The van der Waals surface area contributed by atoms with Crippen molar-refractivity contribution in [2.75, 3.05) is 12.3 Å². The first-order valence-electron chi connectivity index (χ1n) is 11.2. The van der Waals surface area contributed by atoms with Crippen molar-refractivity contribution in [1.29, 1.82) is 5.26 Å². The molecular weight excluding hydrogens is 476 g/mol. The summed E-state index contributed by atoms with van der Waals surface area (Å²) in [6.45, 7) is 21.1. The summed E-state index contributed by atoms with van der Waals surface area (Å²) in [5, 5.41) is 9.40. The molecule has 1 aliphatic heterocycles. The predicted molar refractivity (Wildman–Crippen MR) is 136 cm³/mol. The molecule has 1 fully saturated rings. The Morgan fingerprint density at radius 2 is 1.76 bits per heavy atom. The second-order valence-electron chi connectivity index (χ2n) is 11.8. The summed E-state index contributed by atoms with van der Waals surface area (Å²) in [5.41, 5.74) is 3.57. The number of nitriles is 1. The predicted octanol–water partition coefficient (Wildman–Crippen LogP) is 4.64. The maximum atomic E-state index is 12.6. The number of hydrogen-bond donors (Lipinski definition) is 1. The summed E-state index contributed by atoms with van der Waals surface area (Å²) in [5.74, 6) is 0.0993. The Labute approximate surface area is 204 Å². The van der Waals surface area contributed by atoms with Crippen LogP contribution in [0.15, 0.2) is 17.1 Å². The third-order valence-corrected chi connectivity index (χ3v) is 16.7. The molecule has 0 spiro atoms. The number of nitrogen functional groups attached to an aromatic ring is 1. The third-order valence-electron chi connectivity index (χ3n) is 7.35. The van der Waals surface area contributed by atoms with Crippen LogP contribution in [0, 0.1) is 11.3 Å². The minimum atomic E-state index is -2.36. The minimum absolute atomic E-state index is 0.00382. The summed E-state index contributed by atoms with van der Waals surface area (Å²) in [6.07, 6.45) is -0.273. The van der Waals surface area contributed by atoms with Gasteiger partial charge in [0, 0.05) is 6.20 Å². The maximum Gasteiger partial charge on any atom is 0.351 e. The Hall–Kier alpha value is -1.23. The standard InChI is InChI=1S/C22H39ClN4O4Si2/c1-20(2,3)32(7,8)29-14-22(13-24)17(31-33(9,10)21(4,5)6)16(23)18(30-22)27-12-11-15(25)26-19(27)28/h11-12,16-18H,14H2,1-10H3,(H2,25,26,28)/t16-,17+,18-,22-/m1/s1. The van der Waals surface area contributed by atoms with Gasteiger partial charge in [-0.3, -0.25) is 4.57 Å². The van der Waals surface area contributed by atoms with Crippen molar-refractivity contribution in [2.24, 2.45) is 0 Å². The zero-order chi connectivity index (χ0) is 25.6. The molecule has 0 saturated carbocycles. The fourth-order valence-electron chi connectivity index (χ4n) is 2.98. The van der Waals surface area contributed by atoms with E-state index in [0.29, 0.717) is 0 Å². The van der Waals surface area contributed by atoms with Gasteiger partial charge in [0.25, 0.3) is 0 Å². The van der Waals surface area contributed by atoms with Gasteiger partial charge in [-0.1, -0.05) is 41.5 Å². The third kappa shape index (κ3) is 5.55. The molecule has 2 rings (SSSR count). The molecule has 1 aliphatic rings. The van der Waals surface area contributed by atoms with E-state index in [-0.39, 0.29) is 22.5 Å². The van der Waals surface area contributed by atoms with Gasteiger partial charge < -0.3 is 19.3 Å². The van der Waals surface area contributed by atoms with E-state index in [9.17, 15) is 10.1 Å². The van der Waals surface area contributed by atoms with Gasteiger partial charge in [-0.05, 0) is 42.3 Å². The molecule has 33 heavy (non-hydrogen) atoms. The van der Waals surface area contributed by atoms with Gasteiger partial charge in [0.15, 0.2) is 22.9 Å². The van der Waals surface area contributed by atoms with Gasteiger partial charge >= 0.3 is 5.69 Å². The molecule has 8 nitrogen and oxygen atoms in total. The fraction of sp³-hybridized carbons (Fsp3) is 0.773. The molecule has 0 aromatic carbocycles. The lowest BCUT2D eigenvalue weighted by molar-refractivity contribution is -0.0871. The van der Waals surface area contributed by atoms with Crippen LogP contribution in [0.4, 0.5) is 5.82 Å². The van der Waals surface area contributed by atoms with Crippen LogP contribution in [-0.4, -0.2) is 49.9 Å². The first-order chi connectivity index (χ1) is 14.8. The van der Waals surface area contributed by atoms with E-state index < -0.39 is 45.6 Å². The largest absolute Gasteiger partial charge is 0.413 e. The smallest absolute Gasteiger partial charge is 0.351 e. The van der Waals surface area contributed by atoms with Gasteiger partial charge in [-0.25, -0.2) is 4.79 Å². The van der Waals surface area contributed by atoms with E-state index in [1.807, 2.05) is 0 Å². The second kappa shape index (κ2) is 9.09. The van der Waals surface area contributed by atoms with E-state index >= 15 is 0 Å². The monoisotopic (exact) mass is 514 g/mol. The molecule has 2 N–H and O–H groups in total. The van der Waals surface area contributed by atoms with Crippen LogP contribution < -0.4 is 11.4 Å². The highest BCUT2D eigenvalue weighted by Crippen LogP contribution is 2.47. The first-order valence-corrected chi connectivity index (χ1v) is 17.4. The molecule has 1 saturated heterocycles. The van der Waals surface area contributed by atoms with Crippen LogP contribution in [0.3, 0.4) is 0 Å². The van der Waals surface area contributed by atoms with E-state index in [2.05, 4.69) is 78.8 Å². The fourth-order valence-corrected chi connectivity index (χ4v) is 5.83. The van der Waals surface area contributed by atoms with Gasteiger partial charge in [-0.2, -0.15) is 10.2 Å². The number of aromatic nitrogens is 2. The van der Waals surface area contributed by atoms with Crippen molar-refractivity contribution < 1.29 is 13.6 Å². The number of nitrogens with two attached hydrogens (primary N) is 1. The number of ether oxygens (including phenoxy) is 1. The van der Waals surface area contributed by atoms with Crippen LogP contribution in [0.5, 0.6) is 0 Å². The average molecular weight is 515 g/mol. The number of anilines is 1. The molecule has 0 radical (unpaired) electrons. The number of rotatable bonds is 6. The highest BCUT2D eigenvalue weighted by Gasteiger charge is 2.60. The Morgan fingerprint density at radius 1 is 1.21 bits per heavy atom. The molecule has 11 heteroatoms. The van der Waals surface area contributed by atoms with Gasteiger partial charge in [0.1, 0.15) is 23.4 Å². The van der Waals surface area contributed by atoms with Crippen molar-refractivity contribution in [1.82, 2.24) is 9.55 Å². The molecule has 0 bridgehead atoms. The summed E-state index contributed by atoms with van der Waals surface area (Å²) in [7, 11) is -4.58. The Bertz CT molecular complexity index is 965. The summed E-state index contributed by atoms with van der Waals surface area (Å²) < 4.78 is 20.7. The average Bonchev–Trinajstić information content (AvgIpc) is 2.91. The highest BCUT2D eigenvalue weighted by atomic mass is 35.5. The summed E-state index contributed by atoms with van der Waals surface area (Å²) in [6, 6.07) is 3.81.